The minimum absolute atomic E-state index is 0.0667. The number of rotatable bonds is 5. The Hall–Kier alpha value is -2.63. The van der Waals surface area contributed by atoms with Crippen LogP contribution in [0.2, 0.25) is 5.02 Å². The number of halogens is 4. The van der Waals surface area contributed by atoms with Gasteiger partial charge in [-0.05, 0) is 42.5 Å². The van der Waals surface area contributed by atoms with E-state index >= 15 is 0 Å². The Morgan fingerprint density at radius 1 is 1.11 bits per heavy atom. The first kappa shape index (κ1) is 21.7. The molecule has 28 heavy (non-hydrogen) atoms. The molecule has 2 aromatic carbocycles. The SMILES string of the molecule is NS(=O)(=O)c1cc(C(=O)OCC(=O)Nc2ccc(C(F)(F)F)cc2)ccc1Cl. The van der Waals surface area contributed by atoms with E-state index in [0.29, 0.717) is 0 Å². The highest BCUT2D eigenvalue weighted by Gasteiger charge is 2.30. The van der Waals surface area contributed by atoms with Gasteiger partial charge >= 0.3 is 12.1 Å². The molecular formula is C16H12ClF3N2O5S. The second-order valence-electron chi connectivity index (χ2n) is 5.39. The number of primary sulfonamides is 1. The molecule has 0 heterocycles. The molecule has 0 saturated carbocycles. The lowest BCUT2D eigenvalue weighted by Crippen LogP contribution is -2.21. The number of nitrogens with two attached hydrogens (primary N) is 1. The number of alkyl halides is 3. The Balaban J connectivity index is 1.98. The monoisotopic (exact) mass is 436 g/mol. The number of carbonyl (C=O) groups is 2. The van der Waals surface area contributed by atoms with Gasteiger partial charge in [0.15, 0.2) is 6.61 Å². The van der Waals surface area contributed by atoms with Crippen LogP contribution in [0, 0.1) is 0 Å². The fourth-order valence-electron chi connectivity index (χ4n) is 2.00. The fraction of sp³-hybridized carbons (Fsp3) is 0.125. The van der Waals surface area contributed by atoms with Crippen molar-refractivity contribution in [2.45, 2.75) is 11.1 Å². The summed E-state index contributed by atoms with van der Waals surface area (Å²) < 4.78 is 65.0. The lowest BCUT2D eigenvalue weighted by molar-refractivity contribution is -0.137. The molecule has 150 valence electrons. The van der Waals surface area contributed by atoms with Crippen molar-refractivity contribution >= 4 is 39.2 Å². The van der Waals surface area contributed by atoms with Gasteiger partial charge in [-0.15, -0.1) is 0 Å². The number of hydrogen-bond donors (Lipinski definition) is 2. The van der Waals surface area contributed by atoms with E-state index in [1.165, 1.54) is 6.07 Å². The van der Waals surface area contributed by atoms with E-state index < -0.39 is 45.1 Å². The van der Waals surface area contributed by atoms with Crippen LogP contribution in [0.25, 0.3) is 0 Å². The minimum Gasteiger partial charge on any atom is -0.452 e. The molecule has 0 unspecified atom stereocenters. The molecule has 0 radical (unpaired) electrons. The van der Waals surface area contributed by atoms with Gasteiger partial charge in [0.05, 0.1) is 16.1 Å². The lowest BCUT2D eigenvalue weighted by atomic mass is 10.2. The summed E-state index contributed by atoms with van der Waals surface area (Å²) in [7, 11) is -4.17. The normalized spacial score (nSPS) is 11.8. The third-order valence-electron chi connectivity index (χ3n) is 3.30. The zero-order valence-electron chi connectivity index (χ0n) is 13.8. The van der Waals surface area contributed by atoms with Crippen LogP contribution in [0.3, 0.4) is 0 Å². The van der Waals surface area contributed by atoms with Gasteiger partial charge in [0, 0.05) is 5.69 Å². The van der Waals surface area contributed by atoms with Gasteiger partial charge in [0.2, 0.25) is 10.0 Å². The molecular weight excluding hydrogens is 425 g/mol. The van der Waals surface area contributed by atoms with Crippen LogP contribution in [0.4, 0.5) is 18.9 Å². The number of esters is 1. The molecule has 0 aliphatic rings. The summed E-state index contributed by atoms with van der Waals surface area (Å²) in [6.45, 7) is -0.757. The summed E-state index contributed by atoms with van der Waals surface area (Å²) in [6.07, 6.45) is -4.51. The molecule has 0 aromatic heterocycles. The van der Waals surface area contributed by atoms with Crippen molar-refractivity contribution in [1.82, 2.24) is 0 Å². The third kappa shape index (κ3) is 5.68. The molecule has 1 amide bonds. The number of sulfonamides is 1. The van der Waals surface area contributed by atoms with Crippen LogP contribution in [-0.4, -0.2) is 26.9 Å². The molecule has 0 atom stereocenters. The Labute approximate surface area is 162 Å². The van der Waals surface area contributed by atoms with E-state index in [4.69, 9.17) is 21.5 Å². The van der Waals surface area contributed by atoms with Gasteiger partial charge in [-0.2, -0.15) is 13.2 Å². The number of hydrogen-bond acceptors (Lipinski definition) is 5. The zero-order chi connectivity index (χ0) is 21.1. The number of amides is 1. The lowest BCUT2D eigenvalue weighted by Gasteiger charge is -2.09. The third-order valence-corrected chi connectivity index (χ3v) is 4.70. The molecule has 0 spiro atoms. The fourth-order valence-corrected chi connectivity index (χ4v) is 3.07. The van der Waals surface area contributed by atoms with Gasteiger partial charge in [-0.3, -0.25) is 4.79 Å². The number of anilines is 1. The van der Waals surface area contributed by atoms with Crippen LogP contribution in [-0.2, 0) is 25.7 Å². The van der Waals surface area contributed by atoms with Crippen molar-refractivity contribution in [3.8, 4) is 0 Å². The first-order valence-electron chi connectivity index (χ1n) is 7.34. The molecule has 12 heteroatoms. The number of nitrogens with one attached hydrogen (secondary N) is 1. The molecule has 0 saturated heterocycles. The van der Waals surface area contributed by atoms with Crippen molar-refractivity contribution in [3.05, 3.63) is 58.6 Å². The molecule has 0 aliphatic carbocycles. The van der Waals surface area contributed by atoms with Crippen molar-refractivity contribution in [3.63, 3.8) is 0 Å². The van der Waals surface area contributed by atoms with E-state index in [1.54, 1.807) is 0 Å². The highest BCUT2D eigenvalue weighted by molar-refractivity contribution is 7.89. The second kappa shape index (κ2) is 8.17. The maximum Gasteiger partial charge on any atom is 0.416 e. The van der Waals surface area contributed by atoms with Gasteiger partial charge < -0.3 is 10.1 Å². The Morgan fingerprint density at radius 2 is 1.71 bits per heavy atom. The molecule has 2 aromatic rings. The highest BCUT2D eigenvalue weighted by Crippen LogP contribution is 2.29. The predicted molar refractivity (Wildman–Crippen MR) is 93.2 cm³/mol. The summed E-state index contributed by atoms with van der Waals surface area (Å²) in [5, 5.41) is 7.03. The van der Waals surface area contributed by atoms with Gasteiger partial charge in [-0.1, -0.05) is 11.6 Å². The Morgan fingerprint density at radius 3 is 2.25 bits per heavy atom. The van der Waals surface area contributed by atoms with Crippen LogP contribution in [0.15, 0.2) is 47.4 Å². The maximum absolute atomic E-state index is 12.5. The highest BCUT2D eigenvalue weighted by atomic mass is 35.5. The van der Waals surface area contributed by atoms with Crippen LogP contribution in [0.5, 0.6) is 0 Å². The summed E-state index contributed by atoms with van der Waals surface area (Å²) in [5.74, 6) is -1.84. The number of benzene rings is 2. The standard InChI is InChI=1S/C16H12ClF3N2O5S/c17-12-6-1-9(7-13(12)28(21,25)26)15(24)27-8-14(23)22-11-4-2-10(3-5-11)16(18,19)20/h1-7H,8H2,(H,22,23)(H2,21,25,26). The minimum atomic E-state index is -4.51. The summed E-state index contributed by atoms with van der Waals surface area (Å²) >= 11 is 5.70. The summed E-state index contributed by atoms with van der Waals surface area (Å²) in [4.78, 5) is 23.2. The Bertz CT molecular complexity index is 1010. The van der Waals surface area contributed by atoms with Gasteiger partial charge in [0.25, 0.3) is 5.91 Å². The maximum atomic E-state index is 12.5. The first-order chi connectivity index (χ1) is 12.9. The summed E-state index contributed by atoms with van der Waals surface area (Å²) in [6, 6.07) is 6.84. The molecule has 2 rings (SSSR count). The van der Waals surface area contributed by atoms with E-state index in [-0.39, 0.29) is 16.3 Å². The van der Waals surface area contributed by atoms with E-state index in [9.17, 15) is 31.2 Å². The van der Waals surface area contributed by atoms with Crippen molar-refractivity contribution < 1.29 is 35.9 Å². The smallest absolute Gasteiger partial charge is 0.416 e. The largest absolute Gasteiger partial charge is 0.452 e. The van der Waals surface area contributed by atoms with Gasteiger partial charge in [-0.25, -0.2) is 18.4 Å². The number of carbonyl (C=O) groups excluding carboxylic acids is 2. The van der Waals surface area contributed by atoms with Crippen LogP contribution >= 0.6 is 11.6 Å². The second-order valence-corrected chi connectivity index (χ2v) is 7.33. The van der Waals surface area contributed by atoms with E-state index in [0.717, 1.165) is 36.4 Å². The number of ether oxygens (including phenoxy) is 1. The van der Waals surface area contributed by atoms with Crippen LogP contribution < -0.4 is 10.5 Å². The van der Waals surface area contributed by atoms with E-state index in [1.807, 2.05) is 0 Å². The quantitative estimate of drug-likeness (QED) is 0.699. The average Bonchev–Trinajstić information content (AvgIpc) is 2.58. The Kier molecular flexibility index (Phi) is 6.32. The molecule has 7 nitrogen and oxygen atoms in total. The zero-order valence-corrected chi connectivity index (χ0v) is 15.4. The molecule has 0 fully saturated rings. The first-order valence-corrected chi connectivity index (χ1v) is 9.27. The van der Waals surface area contributed by atoms with Crippen molar-refractivity contribution in [1.29, 1.82) is 0 Å². The summed E-state index contributed by atoms with van der Waals surface area (Å²) in [5.41, 5.74) is -1.03. The predicted octanol–water partition coefficient (Wildman–Crippen LogP) is 2.80. The van der Waals surface area contributed by atoms with Crippen molar-refractivity contribution in [2.75, 3.05) is 11.9 Å². The topological polar surface area (TPSA) is 116 Å². The average molecular weight is 437 g/mol. The van der Waals surface area contributed by atoms with Crippen LogP contribution in [0.1, 0.15) is 15.9 Å². The molecule has 0 aliphatic heterocycles. The molecule has 0 bridgehead atoms. The van der Waals surface area contributed by atoms with Crippen molar-refractivity contribution in [2.24, 2.45) is 5.14 Å². The van der Waals surface area contributed by atoms with E-state index in [2.05, 4.69) is 5.32 Å². The van der Waals surface area contributed by atoms with Gasteiger partial charge in [0.1, 0.15) is 4.90 Å². The molecule has 3 N–H and O–H groups in total.